The molecule has 0 spiro atoms. The van der Waals surface area contributed by atoms with Crippen LogP contribution in [0.25, 0.3) is 0 Å². The van der Waals surface area contributed by atoms with Crippen LogP contribution in [0.2, 0.25) is 0 Å². The zero-order chi connectivity index (χ0) is 9.30. The summed E-state index contributed by atoms with van der Waals surface area (Å²) in [4.78, 5) is 21.9. The molecule has 5 nitrogen and oxygen atoms in total. The number of ether oxygens (including phenoxy) is 1. The minimum absolute atomic E-state index is 0.361. The zero-order valence-electron chi connectivity index (χ0n) is 6.90. The van der Waals surface area contributed by atoms with E-state index in [-0.39, 0.29) is 6.04 Å². The van der Waals surface area contributed by atoms with Crippen LogP contribution in [0, 0.1) is 5.92 Å². The van der Waals surface area contributed by atoms with Gasteiger partial charge in [-0.2, -0.15) is 0 Å². The highest BCUT2D eigenvalue weighted by Gasteiger charge is 2.44. The highest BCUT2D eigenvalue weighted by molar-refractivity contribution is 5.91. The molecule has 12 heavy (non-hydrogen) atoms. The molecular formula is C7H11NO4. The van der Waals surface area contributed by atoms with E-state index in [9.17, 15) is 14.7 Å². The smallest absolute Gasteiger partial charge is 0.313 e. The first-order valence-corrected chi connectivity index (χ1v) is 3.64. The molecule has 0 saturated carbocycles. The molecule has 1 aliphatic heterocycles. The monoisotopic (exact) mass is 173 g/mol. The molecule has 1 aliphatic rings. The van der Waals surface area contributed by atoms with Gasteiger partial charge < -0.3 is 15.2 Å². The van der Waals surface area contributed by atoms with Crippen molar-refractivity contribution in [1.29, 1.82) is 0 Å². The van der Waals surface area contributed by atoms with Gasteiger partial charge in [0.05, 0.1) is 7.11 Å². The number of nitrogens with one attached hydrogen (secondary N) is 1. The van der Waals surface area contributed by atoms with E-state index in [2.05, 4.69) is 10.1 Å². The summed E-state index contributed by atoms with van der Waals surface area (Å²) in [5.74, 6) is -1.85. The Balaban J connectivity index is 2.76. The van der Waals surface area contributed by atoms with Crippen LogP contribution < -0.4 is 5.32 Å². The van der Waals surface area contributed by atoms with Crippen LogP contribution in [0.4, 0.5) is 0 Å². The third-order valence-corrected chi connectivity index (χ3v) is 1.99. The van der Waals surface area contributed by atoms with Gasteiger partial charge in [0, 0.05) is 6.04 Å². The van der Waals surface area contributed by atoms with E-state index in [0.717, 1.165) is 0 Å². The predicted octanol–water partition coefficient (Wildman–Crippen LogP) is -1.35. The Morgan fingerprint density at radius 1 is 1.67 bits per heavy atom. The van der Waals surface area contributed by atoms with Crippen molar-refractivity contribution in [2.45, 2.75) is 19.1 Å². The molecule has 0 radical (unpaired) electrons. The normalized spacial score (nSPS) is 34.6. The Labute approximate surface area is 69.7 Å². The van der Waals surface area contributed by atoms with Crippen LogP contribution in [0.3, 0.4) is 0 Å². The zero-order valence-corrected chi connectivity index (χ0v) is 6.90. The fourth-order valence-electron chi connectivity index (χ4n) is 1.31. The Morgan fingerprint density at radius 2 is 2.25 bits per heavy atom. The minimum Gasteiger partial charge on any atom is -0.469 e. The van der Waals surface area contributed by atoms with Crippen molar-refractivity contribution in [2.75, 3.05) is 7.11 Å². The fourth-order valence-corrected chi connectivity index (χ4v) is 1.31. The highest BCUT2D eigenvalue weighted by Crippen LogP contribution is 2.18. The highest BCUT2D eigenvalue weighted by atomic mass is 16.5. The van der Waals surface area contributed by atoms with E-state index in [1.807, 2.05) is 0 Å². The Bertz CT molecular complexity index is 215. The molecule has 1 amide bonds. The van der Waals surface area contributed by atoms with E-state index in [4.69, 9.17) is 0 Å². The van der Waals surface area contributed by atoms with Crippen molar-refractivity contribution >= 4 is 11.9 Å². The summed E-state index contributed by atoms with van der Waals surface area (Å²) in [6, 6.07) is -0.361. The van der Waals surface area contributed by atoms with Gasteiger partial charge in [-0.25, -0.2) is 0 Å². The Hall–Kier alpha value is -1.10. The van der Waals surface area contributed by atoms with E-state index >= 15 is 0 Å². The fraction of sp³-hybridized carbons (Fsp3) is 0.714. The van der Waals surface area contributed by atoms with Crippen molar-refractivity contribution in [1.82, 2.24) is 5.32 Å². The van der Waals surface area contributed by atoms with Gasteiger partial charge >= 0.3 is 5.97 Å². The second kappa shape index (κ2) is 3.10. The van der Waals surface area contributed by atoms with Gasteiger partial charge in [-0.05, 0) is 6.92 Å². The Kier molecular flexibility index (Phi) is 2.32. The van der Waals surface area contributed by atoms with Gasteiger partial charge in [0.2, 0.25) is 5.91 Å². The largest absolute Gasteiger partial charge is 0.469 e. The molecule has 68 valence electrons. The molecule has 1 saturated heterocycles. The molecule has 5 heteroatoms. The van der Waals surface area contributed by atoms with E-state index in [0.29, 0.717) is 0 Å². The molecule has 0 aromatic carbocycles. The molecule has 1 fully saturated rings. The lowest BCUT2D eigenvalue weighted by molar-refractivity contribution is -0.150. The predicted molar refractivity (Wildman–Crippen MR) is 39.1 cm³/mol. The van der Waals surface area contributed by atoms with Gasteiger partial charge in [0.15, 0.2) is 0 Å². The van der Waals surface area contributed by atoms with Crippen LogP contribution in [-0.2, 0) is 14.3 Å². The molecular weight excluding hydrogens is 162 g/mol. The van der Waals surface area contributed by atoms with Gasteiger partial charge in [-0.15, -0.1) is 0 Å². The first kappa shape index (κ1) is 8.99. The second-order valence-corrected chi connectivity index (χ2v) is 2.79. The average Bonchev–Trinajstić information content (AvgIpc) is 2.26. The third kappa shape index (κ3) is 1.27. The number of hydrogen-bond acceptors (Lipinski definition) is 4. The molecule has 3 atom stereocenters. The van der Waals surface area contributed by atoms with Crippen LogP contribution >= 0.6 is 0 Å². The summed E-state index contributed by atoms with van der Waals surface area (Å²) >= 11 is 0. The third-order valence-electron chi connectivity index (χ3n) is 1.99. The molecule has 1 heterocycles. The van der Waals surface area contributed by atoms with Crippen LogP contribution in [0.1, 0.15) is 6.92 Å². The molecule has 0 bridgehead atoms. The quantitative estimate of drug-likeness (QED) is 0.481. The Morgan fingerprint density at radius 3 is 2.58 bits per heavy atom. The van der Waals surface area contributed by atoms with Crippen molar-refractivity contribution in [3.63, 3.8) is 0 Å². The number of amides is 1. The summed E-state index contributed by atoms with van der Waals surface area (Å²) in [6.07, 6.45) is -1.27. The van der Waals surface area contributed by atoms with Crippen molar-refractivity contribution in [2.24, 2.45) is 5.92 Å². The number of rotatable bonds is 1. The molecule has 0 aromatic rings. The summed E-state index contributed by atoms with van der Waals surface area (Å²) in [5.41, 5.74) is 0. The molecule has 3 unspecified atom stereocenters. The maximum atomic E-state index is 11.0. The summed E-state index contributed by atoms with van der Waals surface area (Å²) in [6.45, 7) is 1.65. The number of aliphatic hydroxyl groups excluding tert-OH is 1. The first-order chi connectivity index (χ1) is 5.57. The lowest BCUT2D eigenvalue weighted by atomic mass is 10.00. The number of methoxy groups -OCH3 is 1. The molecule has 2 N–H and O–H groups in total. The number of aliphatic hydroxyl groups is 1. The standard InChI is InChI=1S/C7H11NO4/c1-3-4(7(11)12-2)5(9)6(10)8-3/h3-5,9H,1-2H3,(H,8,10). The molecule has 0 aliphatic carbocycles. The van der Waals surface area contributed by atoms with E-state index in [1.54, 1.807) is 6.92 Å². The number of carbonyl (C=O) groups is 2. The van der Waals surface area contributed by atoms with Crippen molar-refractivity contribution < 1.29 is 19.4 Å². The molecule has 0 aromatic heterocycles. The first-order valence-electron chi connectivity index (χ1n) is 3.64. The van der Waals surface area contributed by atoms with E-state index in [1.165, 1.54) is 7.11 Å². The van der Waals surface area contributed by atoms with Crippen LogP contribution in [-0.4, -0.2) is 36.2 Å². The molecule has 1 rings (SSSR count). The summed E-state index contributed by atoms with van der Waals surface area (Å²) < 4.78 is 4.43. The average molecular weight is 173 g/mol. The second-order valence-electron chi connectivity index (χ2n) is 2.79. The maximum absolute atomic E-state index is 11.0. The number of carbonyl (C=O) groups excluding carboxylic acids is 2. The van der Waals surface area contributed by atoms with Gasteiger partial charge in [-0.1, -0.05) is 0 Å². The van der Waals surface area contributed by atoms with E-state index < -0.39 is 23.9 Å². The van der Waals surface area contributed by atoms with Gasteiger partial charge in [0.1, 0.15) is 12.0 Å². The number of esters is 1. The lowest BCUT2D eigenvalue weighted by Crippen LogP contribution is -2.33. The summed E-state index contributed by atoms with van der Waals surface area (Å²) in [5, 5.41) is 11.7. The van der Waals surface area contributed by atoms with Gasteiger partial charge in [-0.3, -0.25) is 9.59 Å². The topological polar surface area (TPSA) is 75.6 Å². The van der Waals surface area contributed by atoms with Crippen molar-refractivity contribution in [3.05, 3.63) is 0 Å². The maximum Gasteiger partial charge on any atom is 0.313 e. The van der Waals surface area contributed by atoms with Crippen LogP contribution in [0.5, 0.6) is 0 Å². The van der Waals surface area contributed by atoms with Gasteiger partial charge in [0.25, 0.3) is 0 Å². The number of hydrogen-bond donors (Lipinski definition) is 2. The summed E-state index contributed by atoms with van der Waals surface area (Å²) in [7, 11) is 1.23. The van der Waals surface area contributed by atoms with Crippen molar-refractivity contribution in [3.8, 4) is 0 Å². The SMILES string of the molecule is COC(=O)C1C(C)NC(=O)C1O. The minimum atomic E-state index is -1.27. The lowest BCUT2D eigenvalue weighted by Gasteiger charge is -2.12. The van der Waals surface area contributed by atoms with Crippen LogP contribution in [0.15, 0.2) is 0 Å².